The Bertz CT molecular complexity index is 328. The highest BCUT2D eigenvalue weighted by atomic mass is 19.1. The second kappa shape index (κ2) is 6.61. The summed E-state index contributed by atoms with van der Waals surface area (Å²) in [6.45, 7) is 5.16. The van der Waals surface area contributed by atoms with E-state index in [-0.39, 0.29) is 11.9 Å². The number of aliphatic hydroxyl groups excluding tert-OH is 1. The summed E-state index contributed by atoms with van der Waals surface area (Å²) < 4.78 is 13.0. The first-order valence-electron chi connectivity index (χ1n) is 5.77. The third kappa shape index (κ3) is 4.29. The van der Waals surface area contributed by atoms with Crippen LogP contribution in [0.5, 0.6) is 0 Å². The van der Waals surface area contributed by atoms with Gasteiger partial charge in [0, 0.05) is 13.1 Å². The molecule has 90 valence electrons. The van der Waals surface area contributed by atoms with Crippen LogP contribution in [0.25, 0.3) is 0 Å². The van der Waals surface area contributed by atoms with E-state index >= 15 is 0 Å². The molecule has 0 radical (unpaired) electrons. The molecule has 16 heavy (non-hydrogen) atoms. The zero-order valence-electron chi connectivity index (χ0n) is 9.96. The van der Waals surface area contributed by atoms with Crippen LogP contribution in [-0.2, 0) is 6.54 Å². The highest BCUT2D eigenvalue weighted by Gasteiger charge is 2.03. The lowest BCUT2D eigenvalue weighted by atomic mass is 10.1. The minimum atomic E-state index is -0.307. The summed E-state index contributed by atoms with van der Waals surface area (Å²) in [5.41, 5.74) is 2.02. The second-order valence-electron chi connectivity index (χ2n) is 4.14. The van der Waals surface area contributed by atoms with Crippen molar-refractivity contribution in [3.05, 3.63) is 35.1 Å². The third-order valence-corrected chi connectivity index (χ3v) is 2.63. The van der Waals surface area contributed by atoms with Gasteiger partial charge < -0.3 is 10.4 Å². The molecule has 2 N–H and O–H groups in total. The van der Waals surface area contributed by atoms with Crippen molar-refractivity contribution in [3.63, 3.8) is 0 Å². The van der Waals surface area contributed by atoms with E-state index < -0.39 is 0 Å². The summed E-state index contributed by atoms with van der Waals surface area (Å²) >= 11 is 0. The van der Waals surface area contributed by atoms with Gasteiger partial charge in [-0.05, 0) is 36.6 Å². The van der Waals surface area contributed by atoms with Crippen LogP contribution in [0.2, 0.25) is 0 Å². The lowest BCUT2D eigenvalue weighted by Gasteiger charge is -2.12. The molecule has 1 aromatic rings. The number of nitrogens with one attached hydrogen (secondary N) is 1. The highest BCUT2D eigenvalue weighted by Crippen LogP contribution is 2.09. The second-order valence-corrected chi connectivity index (χ2v) is 4.14. The summed E-state index contributed by atoms with van der Waals surface area (Å²) in [7, 11) is 0. The van der Waals surface area contributed by atoms with Gasteiger partial charge in [0.05, 0.1) is 6.10 Å². The van der Waals surface area contributed by atoms with Gasteiger partial charge in [-0.15, -0.1) is 0 Å². The Kier molecular flexibility index (Phi) is 5.43. The number of hydrogen-bond acceptors (Lipinski definition) is 2. The monoisotopic (exact) mass is 225 g/mol. The molecule has 1 atom stereocenters. The molecule has 0 heterocycles. The normalized spacial score (nSPS) is 12.8. The largest absolute Gasteiger partial charge is 0.392 e. The maximum Gasteiger partial charge on any atom is 0.123 e. The smallest absolute Gasteiger partial charge is 0.123 e. The zero-order chi connectivity index (χ0) is 12.0. The summed E-state index contributed by atoms with van der Waals surface area (Å²) in [5, 5.41) is 12.7. The predicted octanol–water partition coefficient (Wildman–Crippen LogP) is 2.38. The Labute approximate surface area is 96.5 Å². The molecule has 0 aliphatic carbocycles. The summed E-state index contributed by atoms with van der Waals surface area (Å²) in [4.78, 5) is 0. The Hall–Kier alpha value is -0.930. The fourth-order valence-corrected chi connectivity index (χ4v) is 1.64. The van der Waals surface area contributed by atoms with E-state index in [0.29, 0.717) is 13.1 Å². The van der Waals surface area contributed by atoms with Crippen molar-refractivity contribution in [2.75, 3.05) is 6.54 Å². The number of benzene rings is 1. The first-order valence-corrected chi connectivity index (χ1v) is 5.77. The van der Waals surface area contributed by atoms with E-state index in [4.69, 9.17) is 0 Å². The Balaban J connectivity index is 2.39. The van der Waals surface area contributed by atoms with Gasteiger partial charge >= 0.3 is 0 Å². The van der Waals surface area contributed by atoms with E-state index in [9.17, 15) is 9.50 Å². The molecule has 0 aromatic heterocycles. The number of rotatable bonds is 6. The van der Waals surface area contributed by atoms with Crippen molar-refractivity contribution in [2.45, 2.75) is 39.3 Å². The van der Waals surface area contributed by atoms with E-state index in [1.807, 2.05) is 13.8 Å². The average molecular weight is 225 g/mol. The lowest BCUT2D eigenvalue weighted by Crippen LogP contribution is -2.26. The first-order chi connectivity index (χ1) is 7.63. The molecular formula is C13H20FNO. The van der Waals surface area contributed by atoms with Crippen LogP contribution >= 0.6 is 0 Å². The van der Waals surface area contributed by atoms with Gasteiger partial charge in [-0.1, -0.05) is 19.4 Å². The Morgan fingerprint density at radius 3 is 2.88 bits per heavy atom. The lowest BCUT2D eigenvalue weighted by molar-refractivity contribution is 0.160. The molecule has 0 aliphatic rings. The van der Waals surface area contributed by atoms with Crippen molar-refractivity contribution in [1.29, 1.82) is 0 Å². The zero-order valence-corrected chi connectivity index (χ0v) is 9.96. The molecule has 0 amide bonds. The average Bonchev–Trinajstić information content (AvgIpc) is 2.23. The molecule has 3 heteroatoms. The molecule has 0 fully saturated rings. The van der Waals surface area contributed by atoms with Crippen LogP contribution in [0.1, 0.15) is 30.9 Å². The van der Waals surface area contributed by atoms with E-state index in [1.54, 1.807) is 6.07 Å². The van der Waals surface area contributed by atoms with Crippen molar-refractivity contribution >= 4 is 0 Å². The van der Waals surface area contributed by atoms with Crippen molar-refractivity contribution in [1.82, 2.24) is 5.32 Å². The van der Waals surface area contributed by atoms with Gasteiger partial charge in [-0.3, -0.25) is 0 Å². The number of halogens is 1. The van der Waals surface area contributed by atoms with Gasteiger partial charge in [-0.2, -0.15) is 0 Å². The fourth-order valence-electron chi connectivity index (χ4n) is 1.64. The van der Waals surface area contributed by atoms with Gasteiger partial charge in [0.15, 0.2) is 0 Å². The minimum absolute atomic E-state index is 0.212. The molecule has 2 nitrogen and oxygen atoms in total. The van der Waals surface area contributed by atoms with Gasteiger partial charge in [0.25, 0.3) is 0 Å². The molecule has 0 aliphatic heterocycles. The van der Waals surface area contributed by atoms with Crippen LogP contribution in [-0.4, -0.2) is 17.8 Å². The third-order valence-electron chi connectivity index (χ3n) is 2.63. The topological polar surface area (TPSA) is 32.3 Å². The summed E-state index contributed by atoms with van der Waals surface area (Å²) in [5.74, 6) is -0.212. The standard InChI is InChI=1S/C13H20FNO/c1-3-4-13(16)9-15-8-11-7-12(14)6-5-10(11)2/h5-7,13,15-16H,3-4,8-9H2,1-2H3. The highest BCUT2D eigenvalue weighted by molar-refractivity contribution is 5.26. The molecule has 1 aromatic carbocycles. The summed E-state index contributed by atoms with van der Waals surface area (Å²) in [6, 6.07) is 4.77. The number of aliphatic hydroxyl groups is 1. The fraction of sp³-hybridized carbons (Fsp3) is 0.538. The minimum Gasteiger partial charge on any atom is -0.392 e. The molecule has 0 saturated carbocycles. The molecule has 0 spiro atoms. The van der Waals surface area contributed by atoms with E-state index in [0.717, 1.165) is 24.0 Å². The molecule has 0 saturated heterocycles. The van der Waals surface area contributed by atoms with E-state index in [1.165, 1.54) is 12.1 Å². The predicted molar refractivity (Wildman–Crippen MR) is 63.8 cm³/mol. The first kappa shape index (κ1) is 13.1. The quantitative estimate of drug-likeness (QED) is 0.779. The number of aryl methyl sites for hydroxylation is 1. The van der Waals surface area contributed by atoms with Crippen molar-refractivity contribution in [3.8, 4) is 0 Å². The van der Waals surface area contributed by atoms with Gasteiger partial charge in [0.2, 0.25) is 0 Å². The molecule has 0 bridgehead atoms. The van der Waals surface area contributed by atoms with Gasteiger partial charge in [-0.25, -0.2) is 4.39 Å². The molecular weight excluding hydrogens is 205 g/mol. The number of hydrogen-bond donors (Lipinski definition) is 2. The van der Waals surface area contributed by atoms with E-state index in [2.05, 4.69) is 5.32 Å². The summed E-state index contributed by atoms with van der Waals surface area (Å²) in [6.07, 6.45) is 1.47. The van der Waals surface area contributed by atoms with Crippen LogP contribution in [0.15, 0.2) is 18.2 Å². The van der Waals surface area contributed by atoms with Crippen LogP contribution in [0, 0.1) is 12.7 Å². The van der Waals surface area contributed by atoms with Crippen LogP contribution < -0.4 is 5.32 Å². The van der Waals surface area contributed by atoms with Gasteiger partial charge in [0.1, 0.15) is 5.82 Å². The van der Waals surface area contributed by atoms with Crippen molar-refractivity contribution < 1.29 is 9.50 Å². The van der Waals surface area contributed by atoms with Crippen LogP contribution in [0.3, 0.4) is 0 Å². The maximum atomic E-state index is 13.0. The Morgan fingerprint density at radius 1 is 1.44 bits per heavy atom. The SMILES string of the molecule is CCCC(O)CNCc1cc(F)ccc1C. The maximum absolute atomic E-state index is 13.0. The Morgan fingerprint density at radius 2 is 2.19 bits per heavy atom. The van der Waals surface area contributed by atoms with Crippen molar-refractivity contribution in [2.24, 2.45) is 0 Å². The van der Waals surface area contributed by atoms with Crippen LogP contribution in [0.4, 0.5) is 4.39 Å². The molecule has 1 unspecified atom stereocenters. The molecule has 1 rings (SSSR count).